The monoisotopic (exact) mass is 275 g/mol. The van der Waals surface area contributed by atoms with Gasteiger partial charge in [0.25, 0.3) is 0 Å². The molecule has 100 valence electrons. The molecule has 0 spiro atoms. The van der Waals surface area contributed by atoms with Gasteiger partial charge in [-0.3, -0.25) is 0 Å². The predicted octanol–water partition coefficient (Wildman–Crippen LogP) is 4.04. The maximum Gasteiger partial charge on any atom is 0.0656 e. The van der Waals surface area contributed by atoms with E-state index < -0.39 is 0 Å². The summed E-state index contributed by atoms with van der Waals surface area (Å²) in [5, 5.41) is 3.92. The molecule has 0 aliphatic rings. The summed E-state index contributed by atoms with van der Waals surface area (Å²) in [6.07, 6.45) is 0. The minimum absolute atomic E-state index is 0.568. The summed E-state index contributed by atoms with van der Waals surface area (Å²) in [5.41, 5.74) is 10.6. The topological polar surface area (TPSA) is 41.3 Å². The maximum atomic E-state index is 6.05. The van der Waals surface area contributed by atoms with Gasteiger partial charge < -0.3 is 16.0 Å². The standard InChI is InChI=1S/C15H18ClN3/c1-10-8-14(17)13(16)9-15(10)18-11-4-6-12(7-5-11)19(2)3/h4-9,18H,17H2,1-3H3. The smallest absolute Gasteiger partial charge is 0.0656 e. The quantitative estimate of drug-likeness (QED) is 0.831. The molecule has 0 aliphatic carbocycles. The Labute approximate surface area is 119 Å². The third-order valence-electron chi connectivity index (χ3n) is 3.01. The number of nitrogens with one attached hydrogen (secondary N) is 1. The van der Waals surface area contributed by atoms with Crippen molar-refractivity contribution >= 4 is 34.4 Å². The first-order valence-corrected chi connectivity index (χ1v) is 6.45. The fraction of sp³-hybridized carbons (Fsp3) is 0.200. The summed E-state index contributed by atoms with van der Waals surface area (Å²) >= 11 is 6.05. The molecule has 0 unspecified atom stereocenters. The number of nitrogen functional groups attached to an aromatic ring is 1. The molecular formula is C15H18ClN3. The minimum Gasteiger partial charge on any atom is -0.398 e. The summed E-state index contributed by atoms with van der Waals surface area (Å²) in [4.78, 5) is 2.06. The molecule has 0 heterocycles. The molecule has 2 rings (SSSR count). The van der Waals surface area contributed by atoms with Crippen molar-refractivity contribution in [3.63, 3.8) is 0 Å². The number of anilines is 4. The number of nitrogens with zero attached hydrogens (tertiary/aromatic N) is 1. The molecule has 3 nitrogen and oxygen atoms in total. The second kappa shape index (κ2) is 5.41. The van der Waals surface area contributed by atoms with E-state index in [-0.39, 0.29) is 0 Å². The maximum absolute atomic E-state index is 6.05. The third kappa shape index (κ3) is 3.12. The molecule has 0 atom stereocenters. The van der Waals surface area contributed by atoms with Gasteiger partial charge in [-0.15, -0.1) is 0 Å². The van der Waals surface area contributed by atoms with E-state index in [0.29, 0.717) is 10.7 Å². The molecule has 2 aromatic carbocycles. The lowest BCUT2D eigenvalue weighted by atomic mass is 10.1. The largest absolute Gasteiger partial charge is 0.398 e. The lowest BCUT2D eigenvalue weighted by Gasteiger charge is -2.15. The number of rotatable bonds is 3. The number of nitrogens with two attached hydrogens (primary N) is 1. The first-order chi connectivity index (χ1) is 8.97. The summed E-state index contributed by atoms with van der Waals surface area (Å²) in [5.74, 6) is 0. The van der Waals surface area contributed by atoms with Crippen LogP contribution in [0.3, 0.4) is 0 Å². The third-order valence-corrected chi connectivity index (χ3v) is 3.33. The molecule has 2 aromatic rings. The van der Waals surface area contributed by atoms with Crippen molar-refractivity contribution in [2.75, 3.05) is 30.0 Å². The van der Waals surface area contributed by atoms with Crippen LogP contribution >= 0.6 is 11.6 Å². The van der Waals surface area contributed by atoms with Crippen LogP contribution in [0.5, 0.6) is 0 Å². The van der Waals surface area contributed by atoms with E-state index in [1.807, 2.05) is 45.3 Å². The summed E-state index contributed by atoms with van der Waals surface area (Å²) in [6.45, 7) is 2.00. The first kappa shape index (κ1) is 13.6. The second-order valence-corrected chi connectivity index (χ2v) is 5.16. The number of hydrogen-bond acceptors (Lipinski definition) is 3. The number of aryl methyl sites for hydroxylation is 1. The van der Waals surface area contributed by atoms with E-state index in [9.17, 15) is 0 Å². The van der Waals surface area contributed by atoms with E-state index in [1.54, 1.807) is 0 Å². The van der Waals surface area contributed by atoms with Gasteiger partial charge >= 0.3 is 0 Å². The summed E-state index contributed by atoms with van der Waals surface area (Å²) in [6, 6.07) is 11.9. The predicted molar refractivity (Wildman–Crippen MR) is 84.7 cm³/mol. The average Bonchev–Trinajstić information content (AvgIpc) is 2.36. The van der Waals surface area contributed by atoms with Gasteiger partial charge in [0, 0.05) is 31.2 Å². The Morgan fingerprint density at radius 1 is 1.11 bits per heavy atom. The van der Waals surface area contributed by atoms with E-state index in [0.717, 1.165) is 22.6 Å². The molecule has 0 aliphatic heterocycles. The molecule has 4 heteroatoms. The number of halogens is 1. The van der Waals surface area contributed by atoms with Crippen molar-refractivity contribution in [2.24, 2.45) is 0 Å². The number of hydrogen-bond donors (Lipinski definition) is 2. The first-order valence-electron chi connectivity index (χ1n) is 6.07. The van der Waals surface area contributed by atoms with Crippen molar-refractivity contribution in [3.05, 3.63) is 47.0 Å². The Hall–Kier alpha value is -1.87. The Balaban J connectivity index is 2.24. The van der Waals surface area contributed by atoms with Gasteiger partial charge in [0.2, 0.25) is 0 Å². The van der Waals surface area contributed by atoms with Crippen LogP contribution in [0.15, 0.2) is 36.4 Å². The highest BCUT2D eigenvalue weighted by Crippen LogP contribution is 2.29. The van der Waals surface area contributed by atoms with Gasteiger partial charge in [-0.1, -0.05) is 11.6 Å². The van der Waals surface area contributed by atoms with Crippen LogP contribution in [0.2, 0.25) is 5.02 Å². The molecule has 0 saturated carbocycles. The molecule has 19 heavy (non-hydrogen) atoms. The Morgan fingerprint density at radius 2 is 1.74 bits per heavy atom. The van der Waals surface area contributed by atoms with Gasteiger partial charge in [-0.25, -0.2) is 0 Å². The minimum atomic E-state index is 0.568. The van der Waals surface area contributed by atoms with Gasteiger partial charge in [-0.2, -0.15) is 0 Å². The lowest BCUT2D eigenvalue weighted by molar-refractivity contribution is 1.13. The molecule has 0 saturated heterocycles. The average molecular weight is 276 g/mol. The second-order valence-electron chi connectivity index (χ2n) is 4.75. The fourth-order valence-corrected chi connectivity index (χ4v) is 2.00. The molecular weight excluding hydrogens is 258 g/mol. The van der Waals surface area contributed by atoms with Crippen LogP contribution in [-0.2, 0) is 0 Å². The molecule has 0 bridgehead atoms. The van der Waals surface area contributed by atoms with Crippen LogP contribution in [0.25, 0.3) is 0 Å². The zero-order valence-electron chi connectivity index (χ0n) is 11.4. The van der Waals surface area contributed by atoms with E-state index in [2.05, 4.69) is 22.3 Å². The van der Waals surface area contributed by atoms with Crippen LogP contribution < -0.4 is 16.0 Å². The molecule has 3 N–H and O–H groups in total. The summed E-state index contributed by atoms with van der Waals surface area (Å²) < 4.78 is 0. The molecule has 0 aromatic heterocycles. The lowest BCUT2D eigenvalue weighted by Crippen LogP contribution is -2.08. The molecule has 0 radical (unpaired) electrons. The van der Waals surface area contributed by atoms with Gasteiger partial charge in [0.15, 0.2) is 0 Å². The normalized spacial score (nSPS) is 10.3. The van der Waals surface area contributed by atoms with Gasteiger partial charge in [-0.05, 0) is 48.9 Å². The Kier molecular flexibility index (Phi) is 3.86. The molecule has 0 amide bonds. The van der Waals surface area contributed by atoms with Crippen molar-refractivity contribution in [1.29, 1.82) is 0 Å². The number of benzene rings is 2. The van der Waals surface area contributed by atoms with Crippen molar-refractivity contribution in [1.82, 2.24) is 0 Å². The van der Waals surface area contributed by atoms with Crippen LogP contribution in [0.1, 0.15) is 5.56 Å². The van der Waals surface area contributed by atoms with Crippen LogP contribution in [-0.4, -0.2) is 14.1 Å². The molecule has 0 fully saturated rings. The zero-order valence-corrected chi connectivity index (χ0v) is 12.1. The highest BCUT2D eigenvalue weighted by Gasteiger charge is 2.04. The van der Waals surface area contributed by atoms with Crippen LogP contribution in [0, 0.1) is 6.92 Å². The fourth-order valence-electron chi connectivity index (χ4n) is 1.84. The van der Waals surface area contributed by atoms with E-state index in [1.165, 1.54) is 0 Å². The zero-order chi connectivity index (χ0) is 14.0. The highest BCUT2D eigenvalue weighted by atomic mass is 35.5. The van der Waals surface area contributed by atoms with Crippen LogP contribution in [0.4, 0.5) is 22.7 Å². The van der Waals surface area contributed by atoms with Crippen molar-refractivity contribution < 1.29 is 0 Å². The van der Waals surface area contributed by atoms with Crippen molar-refractivity contribution in [2.45, 2.75) is 6.92 Å². The summed E-state index contributed by atoms with van der Waals surface area (Å²) in [7, 11) is 4.04. The van der Waals surface area contributed by atoms with E-state index >= 15 is 0 Å². The Bertz CT molecular complexity index is 577. The SMILES string of the molecule is Cc1cc(N)c(Cl)cc1Nc1ccc(N(C)C)cc1. The van der Waals surface area contributed by atoms with Crippen molar-refractivity contribution in [3.8, 4) is 0 Å². The highest BCUT2D eigenvalue weighted by molar-refractivity contribution is 6.33. The van der Waals surface area contributed by atoms with Gasteiger partial charge in [0.1, 0.15) is 0 Å². The van der Waals surface area contributed by atoms with E-state index in [4.69, 9.17) is 17.3 Å². The Morgan fingerprint density at radius 3 is 2.32 bits per heavy atom. The van der Waals surface area contributed by atoms with Gasteiger partial charge in [0.05, 0.1) is 10.7 Å².